The molecule has 5 nitrogen and oxygen atoms in total. The second-order valence-electron chi connectivity index (χ2n) is 6.12. The third kappa shape index (κ3) is 3.05. The second kappa shape index (κ2) is 6.87. The van der Waals surface area contributed by atoms with Crippen LogP contribution in [0.15, 0.2) is 30.3 Å². The Kier molecular flexibility index (Phi) is 4.88. The Morgan fingerprint density at radius 1 is 1.15 bits per heavy atom. The molecular formula is C19H14Cl2FNO4. The largest absolute Gasteiger partial charge is 0.505 e. The molecule has 8 heteroatoms. The maximum absolute atomic E-state index is 14.7. The number of rotatable bonds is 3. The fourth-order valence-corrected chi connectivity index (χ4v) is 3.45. The molecule has 0 amide bonds. The molecule has 3 rings (SSSR count). The van der Waals surface area contributed by atoms with E-state index in [4.69, 9.17) is 23.2 Å². The van der Waals surface area contributed by atoms with Gasteiger partial charge in [-0.1, -0.05) is 23.2 Å². The normalized spacial score (nSPS) is 12.3. The van der Waals surface area contributed by atoms with E-state index in [0.29, 0.717) is 0 Å². The van der Waals surface area contributed by atoms with E-state index in [1.165, 1.54) is 42.7 Å². The molecule has 27 heavy (non-hydrogen) atoms. The summed E-state index contributed by atoms with van der Waals surface area (Å²) in [6, 6.07) is 6.80. The number of hydrogen-bond donors (Lipinski definition) is 2. The van der Waals surface area contributed by atoms with E-state index in [2.05, 4.69) is 0 Å². The van der Waals surface area contributed by atoms with Crippen molar-refractivity contribution in [2.75, 3.05) is 0 Å². The number of benzene rings is 2. The minimum atomic E-state index is -1.18. The molecule has 0 aliphatic rings. The molecule has 0 aliphatic heterocycles. The Labute approximate surface area is 163 Å². The van der Waals surface area contributed by atoms with E-state index in [9.17, 15) is 24.2 Å². The maximum Gasteiger partial charge on any atom is 0.310 e. The van der Waals surface area contributed by atoms with Crippen molar-refractivity contribution in [1.29, 1.82) is 0 Å². The van der Waals surface area contributed by atoms with E-state index < -0.39 is 29.4 Å². The van der Waals surface area contributed by atoms with Gasteiger partial charge < -0.3 is 10.2 Å². The second-order valence-corrected chi connectivity index (χ2v) is 6.94. The van der Waals surface area contributed by atoms with Crippen LogP contribution < -0.4 is 0 Å². The number of carbonyl (C=O) groups excluding carboxylic acids is 1. The molecule has 0 saturated carbocycles. The van der Waals surface area contributed by atoms with Crippen molar-refractivity contribution in [3.8, 4) is 5.75 Å². The number of carbonyl (C=O) groups is 2. The lowest BCUT2D eigenvalue weighted by Gasteiger charge is -2.10. The number of carboxylic acid groups (broad SMARTS) is 1. The zero-order valence-electron chi connectivity index (χ0n) is 14.3. The van der Waals surface area contributed by atoms with Crippen LogP contribution in [0.4, 0.5) is 4.39 Å². The van der Waals surface area contributed by atoms with Gasteiger partial charge in [-0.15, -0.1) is 0 Å². The number of fused-ring (bicyclic) bond motifs is 1. The number of aliphatic carboxylic acids is 1. The third-order valence-corrected chi connectivity index (χ3v) is 5.25. The molecule has 2 aromatic carbocycles. The van der Waals surface area contributed by atoms with Gasteiger partial charge in [-0.05, 0) is 49.7 Å². The summed E-state index contributed by atoms with van der Waals surface area (Å²) >= 11 is 11.9. The molecule has 1 aromatic heterocycles. The Bertz CT molecular complexity index is 1110. The van der Waals surface area contributed by atoms with Gasteiger partial charge in [0.15, 0.2) is 11.6 Å². The van der Waals surface area contributed by atoms with Gasteiger partial charge in [-0.3, -0.25) is 14.2 Å². The van der Waals surface area contributed by atoms with Crippen molar-refractivity contribution in [2.24, 2.45) is 0 Å². The highest BCUT2D eigenvalue weighted by molar-refractivity contribution is 6.42. The van der Waals surface area contributed by atoms with Crippen LogP contribution >= 0.6 is 23.2 Å². The highest BCUT2D eigenvalue weighted by Crippen LogP contribution is 2.37. The molecule has 0 fully saturated rings. The SMILES string of the molecule is Cc1c([C@H](C)C(=O)O)c2c(F)c(O)ccc2n1C(=O)c1ccc(Cl)c(Cl)c1. The standard InChI is InChI=1S/C19H14Cl2FNO4/c1-8(19(26)27)15-9(2)23(13-5-6-14(24)17(22)16(13)15)18(25)10-3-4-11(20)12(21)7-10/h3-8,24H,1-2H3,(H,26,27)/t8-/m0/s1. The van der Waals surface area contributed by atoms with Crippen molar-refractivity contribution in [1.82, 2.24) is 4.57 Å². The molecule has 0 aliphatic carbocycles. The molecule has 0 unspecified atom stereocenters. The average Bonchev–Trinajstić information content (AvgIpc) is 2.91. The van der Waals surface area contributed by atoms with Crippen molar-refractivity contribution in [3.63, 3.8) is 0 Å². The lowest BCUT2D eigenvalue weighted by atomic mass is 9.97. The van der Waals surface area contributed by atoms with Gasteiger partial charge in [-0.25, -0.2) is 4.39 Å². The quantitative estimate of drug-likeness (QED) is 0.639. The summed E-state index contributed by atoms with van der Waals surface area (Å²) in [4.78, 5) is 24.6. The zero-order valence-corrected chi connectivity index (χ0v) is 15.8. The van der Waals surface area contributed by atoms with Gasteiger partial charge in [-0.2, -0.15) is 0 Å². The first kappa shape index (κ1) is 19.2. The molecule has 140 valence electrons. The van der Waals surface area contributed by atoms with Gasteiger partial charge in [0, 0.05) is 16.6 Å². The van der Waals surface area contributed by atoms with Crippen LogP contribution in [0.2, 0.25) is 10.0 Å². The monoisotopic (exact) mass is 409 g/mol. The van der Waals surface area contributed by atoms with Gasteiger partial charge in [0.05, 0.1) is 21.5 Å². The molecule has 0 bridgehead atoms. The smallest absolute Gasteiger partial charge is 0.310 e. The predicted molar refractivity (Wildman–Crippen MR) is 101 cm³/mol. The predicted octanol–water partition coefficient (Wildman–Crippen LogP) is 4.98. The molecule has 2 N–H and O–H groups in total. The summed E-state index contributed by atoms with van der Waals surface area (Å²) in [5.74, 6) is -4.39. The van der Waals surface area contributed by atoms with Crippen LogP contribution in [0, 0.1) is 12.7 Å². The number of carboxylic acids is 1. The van der Waals surface area contributed by atoms with E-state index in [1.54, 1.807) is 0 Å². The zero-order chi connectivity index (χ0) is 20.0. The van der Waals surface area contributed by atoms with Crippen molar-refractivity contribution < 1.29 is 24.2 Å². The van der Waals surface area contributed by atoms with E-state index in [0.717, 1.165) is 6.07 Å². The first-order valence-electron chi connectivity index (χ1n) is 7.90. The Hall–Kier alpha value is -2.57. The molecule has 0 saturated heterocycles. The molecule has 1 atom stereocenters. The van der Waals surface area contributed by atoms with Gasteiger partial charge in [0.25, 0.3) is 5.91 Å². The summed E-state index contributed by atoms with van der Waals surface area (Å²) in [7, 11) is 0. The molecule has 3 aromatic rings. The number of phenolic OH excluding ortho intramolecular Hbond substituents is 1. The Balaban J connectivity index is 2.35. The highest BCUT2D eigenvalue weighted by Gasteiger charge is 2.29. The lowest BCUT2D eigenvalue weighted by molar-refractivity contribution is -0.138. The summed E-state index contributed by atoms with van der Waals surface area (Å²) in [6.45, 7) is 2.92. The topological polar surface area (TPSA) is 79.5 Å². The number of phenols is 1. The van der Waals surface area contributed by atoms with Crippen molar-refractivity contribution in [2.45, 2.75) is 19.8 Å². The first-order chi connectivity index (χ1) is 12.6. The number of nitrogens with zero attached hydrogens (tertiary/aromatic N) is 1. The summed E-state index contributed by atoms with van der Waals surface area (Å²) in [5.41, 5.74) is 0.745. The summed E-state index contributed by atoms with van der Waals surface area (Å²) in [6.07, 6.45) is 0. The van der Waals surface area contributed by atoms with Gasteiger partial charge in [0.2, 0.25) is 0 Å². The van der Waals surface area contributed by atoms with E-state index in [-0.39, 0.29) is 37.8 Å². The highest BCUT2D eigenvalue weighted by atomic mass is 35.5. The van der Waals surface area contributed by atoms with E-state index >= 15 is 0 Å². The van der Waals surface area contributed by atoms with Crippen LogP contribution in [0.1, 0.15) is 34.5 Å². The lowest BCUT2D eigenvalue weighted by Crippen LogP contribution is -2.15. The minimum Gasteiger partial charge on any atom is -0.505 e. The number of aromatic nitrogens is 1. The molecule has 1 heterocycles. The van der Waals surface area contributed by atoms with Crippen molar-refractivity contribution >= 4 is 46.0 Å². The van der Waals surface area contributed by atoms with E-state index in [1.807, 2.05) is 0 Å². The Morgan fingerprint density at radius 2 is 1.81 bits per heavy atom. The average molecular weight is 410 g/mol. The third-order valence-electron chi connectivity index (χ3n) is 4.51. The minimum absolute atomic E-state index is 0.101. The maximum atomic E-state index is 14.7. The summed E-state index contributed by atoms with van der Waals surface area (Å²) < 4.78 is 15.9. The molecule has 0 radical (unpaired) electrons. The van der Waals surface area contributed by atoms with Crippen LogP contribution in [0.5, 0.6) is 5.75 Å². The Morgan fingerprint density at radius 3 is 2.41 bits per heavy atom. The van der Waals surface area contributed by atoms with Crippen molar-refractivity contribution in [3.05, 3.63) is 63.0 Å². The fourth-order valence-electron chi connectivity index (χ4n) is 3.15. The van der Waals surface area contributed by atoms with Crippen LogP contribution in [0.25, 0.3) is 10.9 Å². The molecule has 0 spiro atoms. The van der Waals surface area contributed by atoms with Crippen LogP contribution in [-0.2, 0) is 4.79 Å². The number of hydrogen-bond acceptors (Lipinski definition) is 3. The fraction of sp³-hybridized carbons (Fsp3) is 0.158. The number of halogens is 3. The van der Waals surface area contributed by atoms with Crippen LogP contribution in [0.3, 0.4) is 0 Å². The summed E-state index contributed by atoms with van der Waals surface area (Å²) in [5, 5.41) is 19.5. The van der Waals surface area contributed by atoms with Crippen LogP contribution in [-0.4, -0.2) is 26.7 Å². The van der Waals surface area contributed by atoms with Gasteiger partial charge in [0.1, 0.15) is 0 Å². The first-order valence-corrected chi connectivity index (χ1v) is 8.65. The number of aromatic hydroxyl groups is 1. The molecular weight excluding hydrogens is 396 g/mol. The van der Waals surface area contributed by atoms with Gasteiger partial charge >= 0.3 is 5.97 Å².